The van der Waals surface area contributed by atoms with Crippen LogP contribution >= 0.6 is 23.2 Å². The second-order valence-corrected chi connectivity index (χ2v) is 7.64. The third-order valence-corrected chi connectivity index (χ3v) is 5.24. The number of likely N-dealkylation sites (tertiary alicyclic amines) is 1. The zero-order valence-electron chi connectivity index (χ0n) is 13.9. The molecular formula is C20H21Cl2NO2. The van der Waals surface area contributed by atoms with Crippen LogP contribution in [0.5, 0.6) is 0 Å². The van der Waals surface area contributed by atoms with Crippen LogP contribution in [0.2, 0.25) is 10.0 Å². The molecule has 2 aromatic rings. The van der Waals surface area contributed by atoms with Crippen molar-refractivity contribution in [1.29, 1.82) is 0 Å². The first-order valence-electron chi connectivity index (χ1n) is 8.43. The lowest BCUT2D eigenvalue weighted by molar-refractivity contribution is -0.138. The topological polar surface area (TPSA) is 40.5 Å². The van der Waals surface area contributed by atoms with E-state index in [9.17, 15) is 9.90 Å². The van der Waals surface area contributed by atoms with Gasteiger partial charge >= 0.3 is 5.97 Å². The summed E-state index contributed by atoms with van der Waals surface area (Å²) in [6, 6.07) is 15.8. The van der Waals surface area contributed by atoms with Crippen LogP contribution in [0.1, 0.15) is 29.9 Å². The standard InChI is InChI=1S/C20H21Cl2NO2/c21-18-5-1-14(2-6-18)11-23-12-15(10-20(24)25)9-17(13-23)16-3-7-19(22)8-4-16/h1-8,15,17H,9-13H2,(H,24,25)/t15-,17+/m0/s1. The number of carbonyl (C=O) groups is 1. The van der Waals surface area contributed by atoms with Crippen LogP contribution in [0.15, 0.2) is 48.5 Å². The maximum absolute atomic E-state index is 11.2. The number of hydrogen-bond donors (Lipinski definition) is 1. The Balaban J connectivity index is 1.75. The van der Waals surface area contributed by atoms with Crippen molar-refractivity contribution in [1.82, 2.24) is 4.90 Å². The molecule has 25 heavy (non-hydrogen) atoms. The fourth-order valence-electron chi connectivity index (χ4n) is 3.65. The summed E-state index contributed by atoms with van der Waals surface area (Å²) < 4.78 is 0. The number of benzene rings is 2. The molecule has 1 fully saturated rings. The monoisotopic (exact) mass is 377 g/mol. The first-order chi connectivity index (χ1) is 12.0. The van der Waals surface area contributed by atoms with E-state index >= 15 is 0 Å². The molecule has 0 radical (unpaired) electrons. The summed E-state index contributed by atoms with van der Waals surface area (Å²) in [6.07, 6.45) is 1.10. The third kappa shape index (κ3) is 5.21. The number of halogens is 2. The second-order valence-electron chi connectivity index (χ2n) is 6.77. The molecule has 0 aliphatic carbocycles. The van der Waals surface area contributed by atoms with E-state index in [1.165, 1.54) is 11.1 Å². The Kier molecular flexibility index (Phi) is 6.00. The van der Waals surface area contributed by atoms with Crippen molar-refractivity contribution in [2.75, 3.05) is 13.1 Å². The predicted molar refractivity (Wildman–Crippen MR) is 101 cm³/mol. The minimum Gasteiger partial charge on any atom is -0.481 e. The highest BCUT2D eigenvalue weighted by molar-refractivity contribution is 6.30. The molecule has 1 saturated heterocycles. The van der Waals surface area contributed by atoms with Crippen LogP contribution in [-0.2, 0) is 11.3 Å². The van der Waals surface area contributed by atoms with Crippen LogP contribution in [0, 0.1) is 5.92 Å². The molecule has 1 heterocycles. The maximum Gasteiger partial charge on any atom is 0.303 e. The quantitative estimate of drug-likeness (QED) is 0.789. The number of rotatable bonds is 5. The van der Waals surface area contributed by atoms with Crippen molar-refractivity contribution >= 4 is 29.2 Å². The van der Waals surface area contributed by atoms with Crippen LogP contribution in [0.25, 0.3) is 0 Å². The molecule has 3 rings (SSSR count). The first kappa shape index (κ1) is 18.2. The van der Waals surface area contributed by atoms with Gasteiger partial charge in [-0.3, -0.25) is 9.69 Å². The fourth-order valence-corrected chi connectivity index (χ4v) is 3.90. The molecule has 3 nitrogen and oxygen atoms in total. The molecule has 1 aliphatic heterocycles. The summed E-state index contributed by atoms with van der Waals surface area (Å²) in [7, 11) is 0. The molecule has 2 aromatic carbocycles. The summed E-state index contributed by atoms with van der Waals surface area (Å²) in [5, 5.41) is 10.7. The SMILES string of the molecule is O=C(O)C[C@@H]1C[C@@H](c2ccc(Cl)cc2)CN(Cc2ccc(Cl)cc2)C1. The Hall–Kier alpha value is -1.55. The second kappa shape index (κ2) is 8.22. The number of piperidine rings is 1. The van der Waals surface area contributed by atoms with Crippen molar-refractivity contribution in [3.05, 3.63) is 69.7 Å². The number of carboxylic acid groups (broad SMARTS) is 1. The van der Waals surface area contributed by atoms with E-state index in [4.69, 9.17) is 23.2 Å². The van der Waals surface area contributed by atoms with Crippen molar-refractivity contribution in [3.63, 3.8) is 0 Å². The normalized spacial score (nSPS) is 21.2. The van der Waals surface area contributed by atoms with Gasteiger partial charge in [-0.25, -0.2) is 0 Å². The van der Waals surface area contributed by atoms with E-state index in [0.717, 1.165) is 36.1 Å². The van der Waals surface area contributed by atoms with E-state index in [1.54, 1.807) is 0 Å². The van der Waals surface area contributed by atoms with Crippen LogP contribution in [0.4, 0.5) is 0 Å². The summed E-state index contributed by atoms with van der Waals surface area (Å²) in [6.45, 7) is 2.52. The molecule has 1 N–H and O–H groups in total. The first-order valence-corrected chi connectivity index (χ1v) is 9.19. The van der Waals surface area contributed by atoms with Gasteiger partial charge in [-0.05, 0) is 53.6 Å². The molecule has 0 saturated carbocycles. The van der Waals surface area contributed by atoms with Crippen molar-refractivity contribution < 1.29 is 9.90 Å². The lowest BCUT2D eigenvalue weighted by Crippen LogP contribution is -2.39. The van der Waals surface area contributed by atoms with E-state index < -0.39 is 5.97 Å². The summed E-state index contributed by atoms with van der Waals surface area (Å²) >= 11 is 12.0. The van der Waals surface area contributed by atoms with Gasteiger partial charge in [0, 0.05) is 36.1 Å². The van der Waals surface area contributed by atoms with Gasteiger partial charge in [0.1, 0.15) is 0 Å². The zero-order valence-corrected chi connectivity index (χ0v) is 15.4. The minimum absolute atomic E-state index is 0.152. The molecule has 0 aromatic heterocycles. The van der Waals surface area contributed by atoms with Crippen LogP contribution in [-0.4, -0.2) is 29.1 Å². The third-order valence-electron chi connectivity index (χ3n) is 4.74. The Morgan fingerprint density at radius 1 is 1.00 bits per heavy atom. The molecule has 0 unspecified atom stereocenters. The number of aliphatic carboxylic acids is 1. The summed E-state index contributed by atoms with van der Waals surface area (Å²) in [4.78, 5) is 13.6. The van der Waals surface area contributed by atoms with Crippen molar-refractivity contribution in [3.8, 4) is 0 Å². The molecule has 5 heteroatoms. The van der Waals surface area contributed by atoms with Crippen LogP contribution < -0.4 is 0 Å². The average Bonchev–Trinajstić information content (AvgIpc) is 2.57. The predicted octanol–water partition coefficient (Wildman–Crippen LogP) is 5.07. The molecule has 132 valence electrons. The van der Waals surface area contributed by atoms with Gasteiger partial charge in [0.25, 0.3) is 0 Å². The van der Waals surface area contributed by atoms with Gasteiger partial charge in [-0.1, -0.05) is 47.5 Å². The highest BCUT2D eigenvalue weighted by Gasteiger charge is 2.29. The van der Waals surface area contributed by atoms with E-state index in [1.807, 2.05) is 36.4 Å². The molecular weight excluding hydrogens is 357 g/mol. The molecule has 0 spiro atoms. The Bertz CT molecular complexity index is 715. The van der Waals surface area contributed by atoms with Gasteiger partial charge in [0.2, 0.25) is 0 Å². The zero-order chi connectivity index (χ0) is 17.8. The highest BCUT2D eigenvalue weighted by atomic mass is 35.5. The van der Waals surface area contributed by atoms with E-state index in [2.05, 4.69) is 17.0 Å². The lowest BCUT2D eigenvalue weighted by Gasteiger charge is -2.37. The summed E-state index contributed by atoms with van der Waals surface area (Å²) in [5.74, 6) is -0.255. The average molecular weight is 378 g/mol. The molecule has 1 aliphatic rings. The molecule has 0 amide bonds. The Labute approximate surface area is 158 Å². The lowest BCUT2D eigenvalue weighted by atomic mass is 9.83. The minimum atomic E-state index is -0.729. The van der Waals surface area contributed by atoms with Gasteiger partial charge < -0.3 is 5.11 Å². The Morgan fingerprint density at radius 3 is 2.20 bits per heavy atom. The number of carboxylic acids is 1. The number of hydrogen-bond acceptors (Lipinski definition) is 2. The van der Waals surface area contributed by atoms with Crippen molar-refractivity contribution in [2.24, 2.45) is 5.92 Å². The van der Waals surface area contributed by atoms with Gasteiger partial charge in [-0.2, -0.15) is 0 Å². The van der Waals surface area contributed by atoms with Crippen LogP contribution in [0.3, 0.4) is 0 Å². The largest absolute Gasteiger partial charge is 0.481 e. The summed E-state index contributed by atoms with van der Waals surface area (Å²) in [5.41, 5.74) is 2.41. The highest BCUT2D eigenvalue weighted by Crippen LogP contribution is 2.33. The van der Waals surface area contributed by atoms with Gasteiger partial charge in [0.05, 0.1) is 0 Å². The fraction of sp³-hybridized carbons (Fsp3) is 0.350. The van der Waals surface area contributed by atoms with Gasteiger partial charge in [-0.15, -0.1) is 0 Å². The maximum atomic E-state index is 11.2. The molecule has 2 atom stereocenters. The molecule has 0 bridgehead atoms. The van der Waals surface area contributed by atoms with E-state index in [-0.39, 0.29) is 12.3 Å². The van der Waals surface area contributed by atoms with Gasteiger partial charge in [0.15, 0.2) is 0 Å². The smallest absolute Gasteiger partial charge is 0.303 e. The Morgan fingerprint density at radius 2 is 1.60 bits per heavy atom. The number of nitrogens with zero attached hydrogens (tertiary/aromatic N) is 1. The van der Waals surface area contributed by atoms with E-state index in [0.29, 0.717) is 5.92 Å². The van der Waals surface area contributed by atoms with Crippen molar-refractivity contribution in [2.45, 2.75) is 25.3 Å².